The molecule has 0 aromatic rings. The van der Waals surface area contributed by atoms with Gasteiger partial charge in [-0.2, -0.15) is 8.42 Å². The summed E-state index contributed by atoms with van der Waals surface area (Å²) in [5.41, 5.74) is 0. The van der Waals surface area contributed by atoms with Crippen LogP contribution in [0.15, 0.2) is 0 Å². The van der Waals surface area contributed by atoms with Crippen molar-refractivity contribution >= 4 is 10.1 Å². The largest absolute Gasteiger partial charge is 0.385 e. The van der Waals surface area contributed by atoms with Gasteiger partial charge in [0.1, 0.15) is 0 Å². The molecule has 0 amide bonds. The molecule has 0 spiro atoms. The summed E-state index contributed by atoms with van der Waals surface area (Å²) >= 11 is 0. The molecular formula is C5H12O4S. The smallest absolute Gasteiger partial charge is 0.267 e. The molecule has 1 atom stereocenters. The van der Waals surface area contributed by atoms with Gasteiger partial charge >= 0.3 is 0 Å². The van der Waals surface area contributed by atoms with Crippen molar-refractivity contribution in [3.8, 4) is 0 Å². The van der Waals surface area contributed by atoms with Crippen molar-refractivity contribution in [3.63, 3.8) is 0 Å². The SMILES string of the molecule is COCCC(C)S(=O)(=O)O. The van der Waals surface area contributed by atoms with Gasteiger partial charge in [0, 0.05) is 13.7 Å². The molecule has 0 radical (unpaired) electrons. The van der Waals surface area contributed by atoms with E-state index < -0.39 is 15.4 Å². The lowest BCUT2D eigenvalue weighted by molar-refractivity contribution is 0.193. The molecule has 1 unspecified atom stereocenters. The third kappa shape index (κ3) is 3.81. The average Bonchev–Trinajstić information content (AvgIpc) is 1.80. The fourth-order valence-corrected chi connectivity index (χ4v) is 0.827. The van der Waals surface area contributed by atoms with E-state index in [1.54, 1.807) is 0 Å². The Hall–Kier alpha value is -0.130. The third-order valence-corrected chi connectivity index (χ3v) is 2.49. The maximum atomic E-state index is 10.3. The number of rotatable bonds is 4. The summed E-state index contributed by atoms with van der Waals surface area (Å²) in [5, 5.41) is -0.729. The van der Waals surface area contributed by atoms with Crippen LogP contribution in [-0.4, -0.2) is 31.9 Å². The molecule has 0 rings (SSSR count). The Morgan fingerprint density at radius 2 is 2.10 bits per heavy atom. The minimum atomic E-state index is -3.86. The van der Waals surface area contributed by atoms with Crippen molar-refractivity contribution in [3.05, 3.63) is 0 Å². The van der Waals surface area contributed by atoms with E-state index in [0.29, 0.717) is 13.0 Å². The van der Waals surface area contributed by atoms with Crippen molar-refractivity contribution in [2.45, 2.75) is 18.6 Å². The van der Waals surface area contributed by atoms with Gasteiger partial charge in [0.15, 0.2) is 0 Å². The number of hydrogen-bond donors (Lipinski definition) is 1. The van der Waals surface area contributed by atoms with Crippen LogP contribution in [0.25, 0.3) is 0 Å². The first-order chi connectivity index (χ1) is 4.48. The van der Waals surface area contributed by atoms with Crippen LogP contribution >= 0.6 is 0 Å². The van der Waals surface area contributed by atoms with Gasteiger partial charge in [0.05, 0.1) is 5.25 Å². The Morgan fingerprint density at radius 1 is 1.60 bits per heavy atom. The Balaban J connectivity index is 3.75. The van der Waals surface area contributed by atoms with Gasteiger partial charge < -0.3 is 4.74 Å². The normalized spacial score (nSPS) is 15.1. The molecule has 10 heavy (non-hydrogen) atoms. The zero-order chi connectivity index (χ0) is 8.20. The summed E-state index contributed by atoms with van der Waals surface area (Å²) < 4.78 is 33.7. The molecule has 0 aliphatic rings. The summed E-state index contributed by atoms with van der Waals surface area (Å²) in [7, 11) is -2.37. The molecule has 0 heterocycles. The molecule has 0 aliphatic carbocycles. The van der Waals surface area contributed by atoms with Gasteiger partial charge in [-0.05, 0) is 13.3 Å². The topological polar surface area (TPSA) is 63.6 Å². The van der Waals surface area contributed by atoms with Crippen LogP contribution in [0.4, 0.5) is 0 Å². The van der Waals surface area contributed by atoms with Crippen LogP contribution in [0.5, 0.6) is 0 Å². The second kappa shape index (κ2) is 3.90. The zero-order valence-electron chi connectivity index (χ0n) is 6.07. The molecule has 0 fully saturated rings. The Morgan fingerprint density at radius 3 is 2.40 bits per heavy atom. The molecule has 0 aromatic heterocycles. The highest BCUT2D eigenvalue weighted by molar-refractivity contribution is 7.86. The van der Waals surface area contributed by atoms with E-state index in [2.05, 4.69) is 4.74 Å². The first kappa shape index (κ1) is 9.87. The summed E-state index contributed by atoms with van der Waals surface area (Å²) in [6.07, 6.45) is 0.329. The van der Waals surface area contributed by atoms with E-state index in [1.807, 2.05) is 0 Å². The highest BCUT2D eigenvalue weighted by Gasteiger charge is 2.15. The standard InChI is InChI=1S/C5H12O4S/c1-5(3-4-9-2)10(6,7)8/h5H,3-4H2,1-2H3,(H,6,7,8). The summed E-state index contributed by atoms with van der Waals surface area (Å²) in [6, 6.07) is 0. The summed E-state index contributed by atoms with van der Waals surface area (Å²) in [6.45, 7) is 1.79. The van der Waals surface area contributed by atoms with E-state index in [0.717, 1.165) is 0 Å². The van der Waals surface area contributed by atoms with Gasteiger partial charge in [-0.25, -0.2) is 0 Å². The van der Waals surface area contributed by atoms with E-state index in [-0.39, 0.29) is 0 Å². The molecule has 0 saturated carbocycles. The predicted octanol–water partition coefficient (Wildman–Crippen LogP) is 0.299. The van der Waals surface area contributed by atoms with Crippen molar-refractivity contribution in [1.82, 2.24) is 0 Å². The number of hydrogen-bond acceptors (Lipinski definition) is 3. The van der Waals surface area contributed by atoms with Gasteiger partial charge in [0.25, 0.3) is 10.1 Å². The van der Waals surface area contributed by atoms with Gasteiger partial charge in [-0.1, -0.05) is 0 Å². The van der Waals surface area contributed by atoms with Crippen molar-refractivity contribution < 1.29 is 17.7 Å². The molecule has 0 bridgehead atoms. The Kier molecular flexibility index (Phi) is 3.85. The third-order valence-electron chi connectivity index (χ3n) is 1.24. The first-order valence-electron chi connectivity index (χ1n) is 2.93. The van der Waals surface area contributed by atoms with Crippen LogP contribution in [0.3, 0.4) is 0 Å². The maximum Gasteiger partial charge on any atom is 0.267 e. The van der Waals surface area contributed by atoms with E-state index >= 15 is 0 Å². The minimum Gasteiger partial charge on any atom is -0.385 e. The first-order valence-corrected chi connectivity index (χ1v) is 4.44. The monoisotopic (exact) mass is 168 g/mol. The van der Waals surface area contributed by atoms with Crippen LogP contribution in [-0.2, 0) is 14.9 Å². The van der Waals surface area contributed by atoms with Crippen LogP contribution < -0.4 is 0 Å². The van der Waals surface area contributed by atoms with E-state index in [4.69, 9.17) is 4.55 Å². The molecule has 4 nitrogen and oxygen atoms in total. The summed E-state index contributed by atoms with van der Waals surface area (Å²) in [5.74, 6) is 0. The highest BCUT2D eigenvalue weighted by atomic mass is 32.2. The molecule has 1 N–H and O–H groups in total. The minimum absolute atomic E-state index is 0.329. The zero-order valence-corrected chi connectivity index (χ0v) is 6.89. The predicted molar refractivity (Wildman–Crippen MR) is 37.5 cm³/mol. The Bertz CT molecular complexity index is 172. The van der Waals surface area contributed by atoms with Gasteiger partial charge in [-0.3, -0.25) is 4.55 Å². The van der Waals surface area contributed by atoms with Crippen molar-refractivity contribution in [2.24, 2.45) is 0 Å². The van der Waals surface area contributed by atoms with Crippen LogP contribution in [0.1, 0.15) is 13.3 Å². The van der Waals surface area contributed by atoms with Crippen molar-refractivity contribution in [2.75, 3.05) is 13.7 Å². The molecule has 5 heteroatoms. The molecule has 62 valence electrons. The Labute approximate surface area is 60.9 Å². The lowest BCUT2D eigenvalue weighted by atomic mass is 10.3. The molecule has 0 aliphatic heterocycles. The second-order valence-corrected chi connectivity index (χ2v) is 3.94. The van der Waals surface area contributed by atoms with E-state index in [1.165, 1.54) is 14.0 Å². The van der Waals surface area contributed by atoms with Gasteiger partial charge in [0.2, 0.25) is 0 Å². The van der Waals surface area contributed by atoms with Gasteiger partial charge in [-0.15, -0.1) is 0 Å². The number of ether oxygens (including phenoxy) is 1. The second-order valence-electron chi connectivity index (χ2n) is 2.11. The van der Waals surface area contributed by atoms with Crippen LogP contribution in [0, 0.1) is 0 Å². The lowest BCUT2D eigenvalue weighted by Gasteiger charge is -2.05. The average molecular weight is 168 g/mol. The highest BCUT2D eigenvalue weighted by Crippen LogP contribution is 2.01. The number of methoxy groups -OCH3 is 1. The molecule has 0 aromatic carbocycles. The maximum absolute atomic E-state index is 10.3. The van der Waals surface area contributed by atoms with Crippen molar-refractivity contribution in [1.29, 1.82) is 0 Å². The molecular weight excluding hydrogens is 156 g/mol. The lowest BCUT2D eigenvalue weighted by Crippen LogP contribution is -2.18. The quantitative estimate of drug-likeness (QED) is 0.613. The van der Waals surface area contributed by atoms with Crippen LogP contribution in [0.2, 0.25) is 0 Å². The molecule has 0 saturated heterocycles. The fraction of sp³-hybridized carbons (Fsp3) is 1.00. The summed E-state index contributed by atoms with van der Waals surface area (Å²) in [4.78, 5) is 0. The fourth-order valence-electron chi connectivity index (χ4n) is 0.433. The van der Waals surface area contributed by atoms with E-state index in [9.17, 15) is 8.42 Å².